The second-order valence-corrected chi connectivity index (χ2v) is 6.35. The highest BCUT2D eigenvalue weighted by molar-refractivity contribution is 5.68. The van der Waals surface area contributed by atoms with E-state index in [0.29, 0.717) is 5.82 Å². The maximum absolute atomic E-state index is 9.56. The van der Waals surface area contributed by atoms with Crippen LogP contribution in [0.1, 0.15) is 17.4 Å². The van der Waals surface area contributed by atoms with Crippen molar-refractivity contribution in [1.82, 2.24) is 9.97 Å². The standard InChI is InChI=1S/C23H18N4O/c24-27-22(18-11-13-19(28)14-12-18)23-25-20(16-7-3-1-4-8-16)15-21(26-23)17-9-5-2-6-10-17/h1-15,22,24,28H. The van der Waals surface area contributed by atoms with Gasteiger partial charge in [0, 0.05) is 11.1 Å². The molecule has 0 amide bonds. The smallest absolute Gasteiger partial charge is 0.160 e. The predicted octanol–water partition coefficient (Wildman–Crippen LogP) is 5.64. The maximum Gasteiger partial charge on any atom is 0.160 e. The highest BCUT2D eigenvalue weighted by Gasteiger charge is 2.19. The van der Waals surface area contributed by atoms with Gasteiger partial charge in [0.15, 0.2) is 11.9 Å². The van der Waals surface area contributed by atoms with Crippen molar-refractivity contribution in [3.05, 3.63) is 102 Å². The molecule has 1 unspecified atom stereocenters. The molecule has 0 fully saturated rings. The zero-order valence-electron chi connectivity index (χ0n) is 15.0. The molecule has 0 bridgehead atoms. The molecule has 2 N–H and O–H groups in total. The SMILES string of the molecule is N=NC(c1ccc(O)cc1)c1nc(-c2ccccc2)cc(-c2ccccc2)n1. The Balaban J connectivity index is 1.88. The van der Waals surface area contributed by atoms with Crippen LogP contribution in [0.5, 0.6) is 5.75 Å². The van der Waals surface area contributed by atoms with Gasteiger partial charge in [-0.05, 0) is 23.8 Å². The molecule has 0 saturated carbocycles. The van der Waals surface area contributed by atoms with Crippen LogP contribution in [-0.4, -0.2) is 15.1 Å². The maximum atomic E-state index is 9.56. The zero-order chi connectivity index (χ0) is 19.3. The van der Waals surface area contributed by atoms with Crippen molar-refractivity contribution >= 4 is 0 Å². The Morgan fingerprint density at radius 2 is 1.21 bits per heavy atom. The first kappa shape index (κ1) is 17.5. The molecule has 28 heavy (non-hydrogen) atoms. The summed E-state index contributed by atoms with van der Waals surface area (Å²) in [5.74, 6) is 0.609. The number of hydrogen-bond acceptors (Lipinski definition) is 5. The van der Waals surface area contributed by atoms with E-state index < -0.39 is 6.04 Å². The highest BCUT2D eigenvalue weighted by atomic mass is 16.3. The van der Waals surface area contributed by atoms with Crippen LogP contribution < -0.4 is 0 Å². The minimum atomic E-state index is -0.647. The van der Waals surface area contributed by atoms with Crippen molar-refractivity contribution in [3.63, 3.8) is 0 Å². The van der Waals surface area contributed by atoms with Crippen molar-refractivity contribution in [2.45, 2.75) is 6.04 Å². The third kappa shape index (κ3) is 3.64. The molecule has 1 aromatic heterocycles. The van der Waals surface area contributed by atoms with E-state index in [2.05, 4.69) is 5.11 Å². The van der Waals surface area contributed by atoms with Gasteiger partial charge in [-0.15, -0.1) is 0 Å². The van der Waals surface area contributed by atoms with Gasteiger partial charge in [-0.3, -0.25) is 0 Å². The topological polar surface area (TPSA) is 82.2 Å². The van der Waals surface area contributed by atoms with E-state index in [0.717, 1.165) is 28.1 Å². The van der Waals surface area contributed by atoms with Crippen LogP contribution in [0.25, 0.3) is 22.5 Å². The third-order valence-electron chi connectivity index (χ3n) is 4.47. The van der Waals surface area contributed by atoms with Gasteiger partial charge in [-0.2, -0.15) is 5.11 Å². The van der Waals surface area contributed by atoms with Crippen LogP contribution in [0.2, 0.25) is 0 Å². The van der Waals surface area contributed by atoms with E-state index in [1.165, 1.54) is 0 Å². The summed E-state index contributed by atoms with van der Waals surface area (Å²) in [6.07, 6.45) is 0. The first-order valence-corrected chi connectivity index (χ1v) is 8.90. The molecule has 4 rings (SSSR count). The fourth-order valence-electron chi connectivity index (χ4n) is 3.04. The summed E-state index contributed by atoms with van der Waals surface area (Å²) in [6.45, 7) is 0. The Bertz CT molecular complexity index is 1020. The lowest BCUT2D eigenvalue weighted by molar-refractivity contribution is 0.475. The van der Waals surface area contributed by atoms with E-state index >= 15 is 0 Å². The normalized spacial score (nSPS) is 11.7. The Morgan fingerprint density at radius 1 is 0.714 bits per heavy atom. The van der Waals surface area contributed by atoms with Gasteiger partial charge in [0.25, 0.3) is 0 Å². The van der Waals surface area contributed by atoms with Crippen LogP contribution in [0.15, 0.2) is 96.1 Å². The number of nitrogens with one attached hydrogen (secondary N) is 1. The van der Waals surface area contributed by atoms with Crippen molar-refractivity contribution in [2.24, 2.45) is 5.11 Å². The number of aromatic nitrogens is 2. The van der Waals surface area contributed by atoms with E-state index in [1.807, 2.05) is 66.7 Å². The lowest BCUT2D eigenvalue weighted by Gasteiger charge is -2.14. The van der Waals surface area contributed by atoms with Gasteiger partial charge in [0.2, 0.25) is 0 Å². The van der Waals surface area contributed by atoms with E-state index in [-0.39, 0.29) is 5.75 Å². The summed E-state index contributed by atoms with van der Waals surface area (Å²) in [7, 11) is 0. The Kier molecular flexibility index (Phi) is 4.89. The lowest BCUT2D eigenvalue weighted by atomic mass is 10.0. The molecule has 0 radical (unpaired) electrons. The van der Waals surface area contributed by atoms with Crippen molar-refractivity contribution < 1.29 is 5.11 Å². The number of rotatable bonds is 5. The molecule has 1 atom stereocenters. The summed E-state index contributed by atoms with van der Waals surface area (Å²) < 4.78 is 0. The first-order chi connectivity index (χ1) is 13.7. The summed E-state index contributed by atoms with van der Waals surface area (Å²) in [5.41, 5.74) is 12.0. The molecule has 4 aromatic rings. The number of benzene rings is 3. The number of nitrogens with zero attached hydrogens (tertiary/aromatic N) is 3. The molecule has 3 aromatic carbocycles. The van der Waals surface area contributed by atoms with E-state index in [4.69, 9.17) is 15.5 Å². The Hall–Kier alpha value is -3.86. The quantitative estimate of drug-likeness (QED) is 0.449. The molecule has 1 heterocycles. The zero-order valence-corrected chi connectivity index (χ0v) is 15.0. The lowest BCUT2D eigenvalue weighted by Crippen LogP contribution is -2.06. The fraction of sp³-hybridized carbons (Fsp3) is 0.0435. The van der Waals surface area contributed by atoms with Gasteiger partial charge in [0.1, 0.15) is 5.75 Å². The second kappa shape index (κ2) is 7.80. The Labute approximate surface area is 162 Å². The van der Waals surface area contributed by atoms with Gasteiger partial charge in [-0.1, -0.05) is 72.8 Å². The van der Waals surface area contributed by atoms with Crippen LogP contribution in [0, 0.1) is 5.53 Å². The molecule has 0 aliphatic rings. The summed E-state index contributed by atoms with van der Waals surface area (Å²) in [6, 6.07) is 27.7. The van der Waals surface area contributed by atoms with Crippen LogP contribution in [-0.2, 0) is 0 Å². The first-order valence-electron chi connectivity index (χ1n) is 8.90. The molecule has 0 saturated heterocycles. The van der Waals surface area contributed by atoms with Crippen molar-refractivity contribution in [3.8, 4) is 28.3 Å². The molecule has 0 aliphatic carbocycles. The molecule has 5 heteroatoms. The minimum Gasteiger partial charge on any atom is -0.508 e. The average molecular weight is 366 g/mol. The number of phenols is 1. The number of phenolic OH excluding ortho intramolecular Hbond substituents is 1. The molecular formula is C23H18N4O. The molecule has 0 aliphatic heterocycles. The van der Waals surface area contributed by atoms with E-state index in [9.17, 15) is 5.11 Å². The largest absolute Gasteiger partial charge is 0.508 e. The average Bonchev–Trinajstić information content (AvgIpc) is 2.77. The van der Waals surface area contributed by atoms with Crippen LogP contribution >= 0.6 is 0 Å². The summed E-state index contributed by atoms with van der Waals surface area (Å²) in [5, 5.41) is 13.3. The molecule has 5 nitrogen and oxygen atoms in total. The predicted molar refractivity (Wildman–Crippen MR) is 108 cm³/mol. The number of aromatic hydroxyl groups is 1. The van der Waals surface area contributed by atoms with Gasteiger partial charge in [0.05, 0.1) is 11.4 Å². The van der Waals surface area contributed by atoms with E-state index in [1.54, 1.807) is 24.3 Å². The second-order valence-electron chi connectivity index (χ2n) is 6.35. The van der Waals surface area contributed by atoms with Crippen molar-refractivity contribution in [1.29, 1.82) is 5.53 Å². The monoisotopic (exact) mass is 366 g/mol. The minimum absolute atomic E-state index is 0.163. The van der Waals surface area contributed by atoms with Crippen LogP contribution in [0.3, 0.4) is 0 Å². The molecular weight excluding hydrogens is 348 g/mol. The summed E-state index contributed by atoms with van der Waals surface area (Å²) in [4.78, 5) is 9.42. The van der Waals surface area contributed by atoms with Gasteiger partial charge >= 0.3 is 0 Å². The molecule has 136 valence electrons. The van der Waals surface area contributed by atoms with Crippen molar-refractivity contribution in [2.75, 3.05) is 0 Å². The van der Waals surface area contributed by atoms with Gasteiger partial charge in [-0.25, -0.2) is 15.5 Å². The molecule has 0 spiro atoms. The fourth-order valence-corrected chi connectivity index (χ4v) is 3.04. The third-order valence-corrected chi connectivity index (χ3v) is 4.47. The van der Waals surface area contributed by atoms with Gasteiger partial charge < -0.3 is 5.11 Å². The Morgan fingerprint density at radius 3 is 1.68 bits per heavy atom. The highest BCUT2D eigenvalue weighted by Crippen LogP contribution is 2.30. The summed E-state index contributed by atoms with van der Waals surface area (Å²) >= 11 is 0. The number of hydrogen-bond donors (Lipinski definition) is 2. The van der Waals surface area contributed by atoms with Crippen LogP contribution in [0.4, 0.5) is 0 Å².